The number of carboxylic acid groups (broad SMARTS) is 1. The zero-order valence-electron chi connectivity index (χ0n) is 11.2. The maximum Gasteiger partial charge on any atom is 0.313 e. The van der Waals surface area contributed by atoms with Crippen molar-refractivity contribution in [3.63, 3.8) is 0 Å². The van der Waals surface area contributed by atoms with Crippen LogP contribution in [0.1, 0.15) is 6.92 Å². The summed E-state index contributed by atoms with van der Waals surface area (Å²) in [6.45, 7) is 2.35. The Morgan fingerprint density at radius 1 is 1.52 bits per heavy atom. The van der Waals surface area contributed by atoms with Gasteiger partial charge in [-0.2, -0.15) is 0 Å². The van der Waals surface area contributed by atoms with E-state index in [1.54, 1.807) is 6.20 Å². The van der Waals surface area contributed by atoms with E-state index in [2.05, 4.69) is 31.2 Å². The normalized spacial score (nSPS) is 10.8. The van der Waals surface area contributed by atoms with Crippen LogP contribution < -0.4 is 5.32 Å². The molecule has 2 aromatic heterocycles. The van der Waals surface area contributed by atoms with Crippen LogP contribution in [0.4, 0.5) is 0 Å². The fourth-order valence-corrected chi connectivity index (χ4v) is 2.82. The SMILES string of the molecule is CC(=O)NCCn1c(SCC(=O)O)nc2cc(Br)cnc21. The summed E-state index contributed by atoms with van der Waals surface area (Å²) in [4.78, 5) is 30.4. The number of hydrogen-bond acceptors (Lipinski definition) is 5. The zero-order valence-corrected chi connectivity index (χ0v) is 13.6. The number of amides is 1. The van der Waals surface area contributed by atoms with E-state index in [1.165, 1.54) is 6.92 Å². The molecule has 0 radical (unpaired) electrons. The summed E-state index contributed by atoms with van der Waals surface area (Å²) >= 11 is 4.46. The van der Waals surface area contributed by atoms with Crippen molar-refractivity contribution in [2.45, 2.75) is 18.6 Å². The highest BCUT2D eigenvalue weighted by atomic mass is 79.9. The molecule has 0 bridgehead atoms. The molecule has 1 amide bonds. The molecule has 0 spiro atoms. The van der Waals surface area contributed by atoms with E-state index in [9.17, 15) is 9.59 Å². The second-order valence-electron chi connectivity index (χ2n) is 4.21. The van der Waals surface area contributed by atoms with Crippen LogP contribution in [0.15, 0.2) is 21.9 Å². The molecule has 112 valence electrons. The monoisotopic (exact) mass is 372 g/mol. The molecule has 0 atom stereocenters. The van der Waals surface area contributed by atoms with Crippen LogP contribution in [-0.2, 0) is 16.1 Å². The molecule has 7 nitrogen and oxygen atoms in total. The topological polar surface area (TPSA) is 97.1 Å². The third-order valence-electron chi connectivity index (χ3n) is 2.55. The van der Waals surface area contributed by atoms with Gasteiger partial charge >= 0.3 is 5.97 Å². The number of aliphatic carboxylic acids is 1. The minimum atomic E-state index is -0.908. The van der Waals surface area contributed by atoms with Crippen molar-refractivity contribution < 1.29 is 14.7 Å². The van der Waals surface area contributed by atoms with Crippen LogP contribution in [0.25, 0.3) is 11.2 Å². The quantitative estimate of drug-likeness (QED) is 0.745. The van der Waals surface area contributed by atoms with Crippen LogP contribution in [-0.4, -0.2) is 43.8 Å². The van der Waals surface area contributed by atoms with E-state index in [0.29, 0.717) is 29.4 Å². The smallest absolute Gasteiger partial charge is 0.313 e. The summed E-state index contributed by atoms with van der Waals surface area (Å²) in [5.41, 5.74) is 1.34. The maximum atomic E-state index is 10.9. The minimum Gasteiger partial charge on any atom is -0.481 e. The molecule has 2 N–H and O–H groups in total. The largest absolute Gasteiger partial charge is 0.481 e. The van der Waals surface area contributed by atoms with Gasteiger partial charge in [0.25, 0.3) is 0 Å². The predicted octanol–water partition coefficient (Wildman–Crippen LogP) is 1.51. The first kappa shape index (κ1) is 15.8. The van der Waals surface area contributed by atoms with Crippen LogP contribution in [0.2, 0.25) is 0 Å². The number of aromatic nitrogens is 3. The number of imidazole rings is 1. The number of nitrogens with one attached hydrogen (secondary N) is 1. The molecule has 0 saturated heterocycles. The lowest BCUT2D eigenvalue weighted by atomic mass is 10.4. The Balaban J connectivity index is 2.29. The van der Waals surface area contributed by atoms with E-state index in [-0.39, 0.29) is 11.7 Å². The van der Waals surface area contributed by atoms with E-state index in [4.69, 9.17) is 5.11 Å². The first-order valence-corrected chi connectivity index (χ1v) is 7.86. The second kappa shape index (κ2) is 6.90. The highest BCUT2D eigenvalue weighted by Gasteiger charge is 2.14. The van der Waals surface area contributed by atoms with Gasteiger partial charge in [-0.25, -0.2) is 9.97 Å². The fourth-order valence-electron chi connectivity index (χ4n) is 1.75. The molecule has 21 heavy (non-hydrogen) atoms. The summed E-state index contributed by atoms with van der Waals surface area (Å²) in [5, 5.41) is 12.1. The Bertz CT molecular complexity index is 688. The molecular weight excluding hydrogens is 360 g/mol. The molecule has 0 unspecified atom stereocenters. The number of halogens is 1. The molecule has 0 aromatic carbocycles. The molecule has 0 fully saturated rings. The van der Waals surface area contributed by atoms with E-state index in [0.717, 1.165) is 16.2 Å². The molecule has 0 aliphatic heterocycles. The van der Waals surface area contributed by atoms with Gasteiger partial charge in [-0.3, -0.25) is 9.59 Å². The van der Waals surface area contributed by atoms with Gasteiger partial charge in [-0.1, -0.05) is 11.8 Å². The number of carbonyl (C=O) groups excluding carboxylic acids is 1. The number of nitrogens with zero attached hydrogens (tertiary/aromatic N) is 3. The van der Waals surface area contributed by atoms with E-state index >= 15 is 0 Å². The molecule has 2 aromatic rings. The van der Waals surface area contributed by atoms with Crippen molar-refractivity contribution >= 4 is 50.7 Å². The van der Waals surface area contributed by atoms with Crippen molar-refractivity contribution in [3.8, 4) is 0 Å². The minimum absolute atomic E-state index is 0.0787. The van der Waals surface area contributed by atoms with Gasteiger partial charge in [0.2, 0.25) is 5.91 Å². The molecule has 2 heterocycles. The van der Waals surface area contributed by atoms with Crippen LogP contribution in [0.5, 0.6) is 0 Å². The number of carbonyl (C=O) groups is 2. The first-order chi connectivity index (χ1) is 9.97. The molecule has 0 saturated carbocycles. The van der Waals surface area contributed by atoms with Gasteiger partial charge in [-0.05, 0) is 22.0 Å². The van der Waals surface area contributed by atoms with Gasteiger partial charge in [0.15, 0.2) is 10.8 Å². The Kier molecular flexibility index (Phi) is 5.18. The fraction of sp³-hybridized carbons (Fsp3) is 0.333. The summed E-state index contributed by atoms with van der Waals surface area (Å²) in [6.07, 6.45) is 1.66. The molecule has 9 heteroatoms. The Hall–Kier alpha value is -1.61. The third kappa shape index (κ3) is 4.18. The third-order valence-corrected chi connectivity index (χ3v) is 3.95. The van der Waals surface area contributed by atoms with Crippen molar-refractivity contribution in [2.24, 2.45) is 0 Å². The van der Waals surface area contributed by atoms with Crippen LogP contribution in [0.3, 0.4) is 0 Å². The molecule has 0 aliphatic carbocycles. The Morgan fingerprint density at radius 3 is 2.95 bits per heavy atom. The number of pyridine rings is 1. The highest BCUT2D eigenvalue weighted by molar-refractivity contribution is 9.10. The van der Waals surface area contributed by atoms with Crippen molar-refractivity contribution in [1.82, 2.24) is 19.9 Å². The average molecular weight is 373 g/mol. The van der Waals surface area contributed by atoms with E-state index < -0.39 is 5.97 Å². The second-order valence-corrected chi connectivity index (χ2v) is 6.07. The number of thioether (sulfide) groups is 1. The lowest BCUT2D eigenvalue weighted by Gasteiger charge is -2.08. The number of carboxylic acids is 1. The lowest BCUT2D eigenvalue weighted by molar-refractivity contribution is -0.133. The maximum absolute atomic E-state index is 10.9. The Labute approximate surface area is 133 Å². The van der Waals surface area contributed by atoms with Gasteiger partial charge in [0.05, 0.1) is 5.75 Å². The van der Waals surface area contributed by atoms with Gasteiger partial charge < -0.3 is 15.0 Å². The summed E-state index contributed by atoms with van der Waals surface area (Å²) in [6, 6.07) is 1.82. The van der Waals surface area contributed by atoms with Gasteiger partial charge in [-0.15, -0.1) is 0 Å². The average Bonchev–Trinajstić information content (AvgIpc) is 2.73. The predicted molar refractivity (Wildman–Crippen MR) is 82.3 cm³/mol. The first-order valence-electron chi connectivity index (χ1n) is 6.08. The van der Waals surface area contributed by atoms with Gasteiger partial charge in [0, 0.05) is 30.7 Å². The lowest BCUT2D eigenvalue weighted by Crippen LogP contribution is -2.24. The molecular formula is C12H13BrN4O3S. The van der Waals surface area contributed by atoms with Crippen LogP contribution >= 0.6 is 27.7 Å². The number of hydrogen-bond donors (Lipinski definition) is 2. The summed E-state index contributed by atoms with van der Waals surface area (Å²) in [5.74, 6) is -1.10. The molecule has 2 rings (SSSR count). The number of fused-ring (bicyclic) bond motifs is 1. The van der Waals surface area contributed by atoms with Crippen molar-refractivity contribution in [1.29, 1.82) is 0 Å². The highest BCUT2D eigenvalue weighted by Crippen LogP contribution is 2.24. The summed E-state index contributed by atoms with van der Waals surface area (Å²) in [7, 11) is 0. The zero-order chi connectivity index (χ0) is 15.4. The number of rotatable bonds is 6. The summed E-state index contributed by atoms with van der Waals surface area (Å²) < 4.78 is 2.61. The van der Waals surface area contributed by atoms with Crippen LogP contribution in [0, 0.1) is 0 Å². The van der Waals surface area contributed by atoms with Gasteiger partial charge in [0.1, 0.15) is 5.52 Å². The van der Waals surface area contributed by atoms with E-state index in [1.807, 2.05) is 10.6 Å². The Morgan fingerprint density at radius 2 is 2.29 bits per heavy atom. The molecule has 0 aliphatic rings. The standard InChI is InChI=1S/C12H13BrN4O3S/c1-7(18)14-2-3-17-11-9(4-8(13)5-15-11)16-12(17)21-6-10(19)20/h4-5H,2-3,6H2,1H3,(H,14,18)(H,19,20). The van der Waals surface area contributed by atoms with Crippen molar-refractivity contribution in [2.75, 3.05) is 12.3 Å². The van der Waals surface area contributed by atoms with Crippen molar-refractivity contribution in [3.05, 3.63) is 16.7 Å².